The summed E-state index contributed by atoms with van der Waals surface area (Å²) in [5.41, 5.74) is -0.200. The van der Waals surface area contributed by atoms with Gasteiger partial charge in [-0.3, -0.25) is 4.79 Å². The number of aromatic carboxylic acids is 1. The molecule has 1 aromatic rings. The molecule has 0 unspecified atom stereocenters. The summed E-state index contributed by atoms with van der Waals surface area (Å²) in [6, 6.07) is 3.44. The summed E-state index contributed by atoms with van der Waals surface area (Å²) in [6.45, 7) is 1.63. The molecule has 8 nitrogen and oxygen atoms in total. The molecule has 1 rings (SSSR count). The molecular formula is C12H16N2O6S. The number of benzene rings is 1. The van der Waals surface area contributed by atoms with E-state index < -0.39 is 28.4 Å². The van der Waals surface area contributed by atoms with Crippen LogP contribution < -0.4 is 14.8 Å². The van der Waals surface area contributed by atoms with Crippen LogP contribution in [-0.4, -0.2) is 45.6 Å². The van der Waals surface area contributed by atoms with E-state index in [-0.39, 0.29) is 16.2 Å². The first-order chi connectivity index (χ1) is 9.81. The van der Waals surface area contributed by atoms with Crippen molar-refractivity contribution in [2.75, 3.05) is 20.2 Å². The van der Waals surface area contributed by atoms with Gasteiger partial charge in [-0.05, 0) is 25.1 Å². The average Bonchev–Trinajstić information content (AvgIpc) is 2.44. The van der Waals surface area contributed by atoms with Crippen molar-refractivity contribution in [2.24, 2.45) is 0 Å². The Bertz CT molecular complexity index is 641. The molecule has 0 saturated heterocycles. The molecule has 0 aliphatic rings. The fourth-order valence-corrected chi connectivity index (χ4v) is 2.69. The molecule has 0 bridgehead atoms. The predicted octanol–water partition coefficient (Wildman–Crippen LogP) is -0.192. The number of rotatable bonds is 7. The minimum Gasteiger partial charge on any atom is -0.495 e. The van der Waals surface area contributed by atoms with Crippen LogP contribution in [0, 0.1) is 0 Å². The number of ether oxygens (including phenoxy) is 1. The quantitative estimate of drug-likeness (QED) is 0.641. The van der Waals surface area contributed by atoms with E-state index in [4.69, 9.17) is 9.84 Å². The second kappa shape index (κ2) is 7.04. The van der Waals surface area contributed by atoms with E-state index in [9.17, 15) is 18.0 Å². The van der Waals surface area contributed by atoms with E-state index in [1.54, 1.807) is 6.92 Å². The normalized spacial score (nSPS) is 11.0. The Labute approximate surface area is 122 Å². The van der Waals surface area contributed by atoms with Crippen molar-refractivity contribution in [1.29, 1.82) is 0 Å². The number of methoxy groups -OCH3 is 1. The van der Waals surface area contributed by atoms with Gasteiger partial charge in [-0.25, -0.2) is 17.9 Å². The first kappa shape index (κ1) is 16.9. The van der Waals surface area contributed by atoms with Crippen LogP contribution in [0.4, 0.5) is 0 Å². The van der Waals surface area contributed by atoms with Crippen molar-refractivity contribution in [2.45, 2.75) is 11.8 Å². The lowest BCUT2D eigenvalue weighted by Crippen LogP contribution is -2.36. The van der Waals surface area contributed by atoms with Crippen LogP contribution in [0.2, 0.25) is 0 Å². The van der Waals surface area contributed by atoms with Crippen molar-refractivity contribution in [3.63, 3.8) is 0 Å². The van der Waals surface area contributed by atoms with Gasteiger partial charge in [0.25, 0.3) is 0 Å². The van der Waals surface area contributed by atoms with Gasteiger partial charge in [0, 0.05) is 6.54 Å². The highest BCUT2D eigenvalue weighted by atomic mass is 32.2. The maximum absolute atomic E-state index is 12.1. The molecule has 21 heavy (non-hydrogen) atoms. The van der Waals surface area contributed by atoms with E-state index >= 15 is 0 Å². The summed E-state index contributed by atoms with van der Waals surface area (Å²) >= 11 is 0. The zero-order chi connectivity index (χ0) is 16.0. The summed E-state index contributed by atoms with van der Waals surface area (Å²) in [7, 11) is -2.81. The molecule has 116 valence electrons. The Morgan fingerprint density at radius 1 is 1.33 bits per heavy atom. The Hall–Kier alpha value is -2.13. The number of nitrogens with one attached hydrogen (secondary N) is 2. The smallest absolute Gasteiger partial charge is 0.335 e. The first-order valence-corrected chi connectivity index (χ1v) is 7.47. The number of carboxylic acids is 1. The van der Waals surface area contributed by atoms with Crippen LogP contribution in [-0.2, 0) is 14.8 Å². The fraction of sp³-hybridized carbons (Fsp3) is 0.333. The van der Waals surface area contributed by atoms with Crippen LogP contribution in [0.25, 0.3) is 0 Å². The van der Waals surface area contributed by atoms with Gasteiger partial charge in [0.15, 0.2) is 0 Å². The minimum atomic E-state index is -4.07. The predicted molar refractivity (Wildman–Crippen MR) is 73.8 cm³/mol. The van der Waals surface area contributed by atoms with Gasteiger partial charge < -0.3 is 15.2 Å². The van der Waals surface area contributed by atoms with Crippen molar-refractivity contribution in [3.8, 4) is 5.75 Å². The highest BCUT2D eigenvalue weighted by Gasteiger charge is 2.22. The maximum Gasteiger partial charge on any atom is 0.335 e. The number of carbonyl (C=O) groups is 2. The summed E-state index contributed by atoms with van der Waals surface area (Å²) in [4.78, 5) is 21.9. The minimum absolute atomic E-state index is 0.0107. The van der Waals surface area contributed by atoms with E-state index in [1.165, 1.54) is 19.2 Å². The van der Waals surface area contributed by atoms with E-state index in [2.05, 4.69) is 10.0 Å². The van der Waals surface area contributed by atoms with Gasteiger partial charge in [-0.2, -0.15) is 0 Å². The number of carboxylic acid groups (broad SMARTS) is 1. The molecule has 3 N–H and O–H groups in total. The average molecular weight is 316 g/mol. The molecule has 0 atom stereocenters. The highest BCUT2D eigenvalue weighted by molar-refractivity contribution is 7.89. The van der Waals surface area contributed by atoms with Gasteiger partial charge in [0.2, 0.25) is 15.9 Å². The van der Waals surface area contributed by atoms with Crippen LogP contribution in [0.5, 0.6) is 5.75 Å². The molecule has 0 aliphatic carbocycles. The third-order valence-corrected chi connectivity index (χ3v) is 3.92. The summed E-state index contributed by atoms with van der Waals surface area (Å²) in [6.07, 6.45) is 0. The summed E-state index contributed by atoms with van der Waals surface area (Å²) in [5, 5.41) is 11.3. The molecule has 0 spiro atoms. The van der Waals surface area contributed by atoms with Gasteiger partial charge in [0.1, 0.15) is 10.6 Å². The van der Waals surface area contributed by atoms with Crippen LogP contribution >= 0.6 is 0 Å². The van der Waals surface area contributed by atoms with Crippen molar-refractivity contribution < 1.29 is 27.9 Å². The third-order valence-electron chi connectivity index (χ3n) is 2.50. The van der Waals surface area contributed by atoms with Crippen molar-refractivity contribution >= 4 is 21.9 Å². The van der Waals surface area contributed by atoms with E-state index in [0.717, 1.165) is 6.07 Å². The lowest BCUT2D eigenvalue weighted by atomic mass is 10.2. The molecule has 0 aliphatic heterocycles. The molecule has 0 saturated carbocycles. The van der Waals surface area contributed by atoms with Gasteiger partial charge in [-0.1, -0.05) is 0 Å². The van der Waals surface area contributed by atoms with Gasteiger partial charge >= 0.3 is 5.97 Å². The standard InChI is InChI=1S/C12H16N2O6S/c1-3-13-11(15)7-14-21(18,19)10-6-8(12(16)17)4-5-9(10)20-2/h4-6,14H,3,7H2,1-2H3,(H,13,15)(H,16,17). The second-order valence-electron chi connectivity index (χ2n) is 3.95. The number of sulfonamides is 1. The molecule has 1 amide bonds. The van der Waals surface area contributed by atoms with Crippen LogP contribution in [0.3, 0.4) is 0 Å². The van der Waals surface area contributed by atoms with Crippen molar-refractivity contribution in [1.82, 2.24) is 10.0 Å². The molecule has 1 aromatic carbocycles. The summed E-state index contributed by atoms with van der Waals surface area (Å²) < 4.78 is 31.3. The first-order valence-electron chi connectivity index (χ1n) is 5.99. The number of carbonyl (C=O) groups excluding carboxylic acids is 1. The lowest BCUT2D eigenvalue weighted by Gasteiger charge is -2.11. The zero-order valence-corrected chi connectivity index (χ0v) is 12.4. The number of hydrogen-bond acceptors (Lipinski definition) is 5. The SMILES string of the molecule is CCNC(=O)CNS(=O)(=O)c1cc(C(=O)O)ccc1OC. The molecule has 0 heterocycles. The Balaban J connectivity index is 3.08. The molecular weight excluding hydrogens is 300 g/mol. The monoisotopic (exact) mass is 316 g/mol. The number of hydrogen-bond donors (Lipinski definition) is 3. The largest absolute Gasteiger partial charge is 0.495 e. The molecule has 9 heteroatoms. The molecule has 0 radical (unpaired) electrons. The topological polar surface area (TPSA) is 122 Å². The van der Waals surface area contributed by atoms with Crippen LogP contribution in [0.15, 0.2) is 23.1 Å². The van der Waals surface area contributed by atoms with Gasteiger partial charge in [0.05, 0.1) is 19.2 Å². The molecule has 0 aromatic heterocycles. The van der Waals surface area contributed by atoms with Crippen molar-refractivity contribution in [3.05, 3.63) is 23.8 Å². The zero-order valence-electron chi connectivity index (χ0n) is 11.5. The number of likely N-dealkylation sites (N-methyl/N-ethyl adjacent to an activating group) is 1. The van der Waals surface area contributed by atoms with E-state index in [0.29, 0.717) is 6.54 Å². The van der Waals surface area contributed by atoms with E-state index in [1.807, 2.05) is 0 Å². The second-order valence-corrected chi connectivity index (χ2v) is 5.68. The Morgan fingerprint density at radius 3 is 2.52 bits per heavy atom. The maximum atomic E-state index is 12.1. The number of amides is 1. The third kappa shape index (κ3) is 4.43. The Morgan fingerprint density at radius 2 is 2.00 bits per heavy atom. The Kier molecular flexibility index (Phi) is 5.68. The van der Waals surface area contributed by atoms with Crippen LogP contribution in [0.1, 0.15) is 17.3 Å². The molecule has 0 fully saturated rings. The fourth-order valence-electron chi connectivity index (χ4n) is 1.52. The van der Waals surface area contributed by atoms with Gasteiger partial charge in [-0.15, -0.1) is 0 Å². The summed E-state index contributed by atoms with van der Waals surface area (Å²) in [5.74, 6) is -1.77. The highest BCUT2D eigenvalue weighted by Crippen LogP contribution is 2.24. The lowest BCUT2D eigenvalue weighted by molar-refractivity contribution is -0.119.